The number of rotatable bonds is 8. The molecule has 1 aromatic heterocycles. The average Bonchev–Trinajstić information content (AvgIpc) is 3.01. The fourth-order valence-corrected chi connectivity index (χ4v) is 5.86. The molecule has 1 amide bonds. The van der Waals surface area contributed by atoms with Gasteiger partial charge in [0.1, 0.15) is 0 Å². The summed E-state index contributed by atoms with van der Waals surface area (Å²) in [6.45, 7) is 5.50. The molecule has 0 fully saturated rings. The Kier molecular flexibility index (Phi) is 8.70. The lowest BCUT2D eigenvalue weighted by atomic mass is 9.94. The van der Waals surface area contributed by atoms with Gasteiger partial charge in [-0.05, 0) is 94.7 Å². The molecule has 0 saturated heterocycles. The largest absolute Gasteiger partial charge is 0.398 e. The Morgan fingerprint density at radius 2 is 1.92 bits per heavy atom. The number of hydrogen-bond acceptors (Lipinski definition) is 4. The topological polar surface area (TPSA) is 62.5 Å². The summed E-state index contributed by atoms with van der Waals surface area (Å²) in [5.74, 6) is 0.0904. The van der Waals surface area contributed by atoms with Crippen LogP contribution in [0.4, 0.5) is 5.69 Å². The number of carbonyl (C=O) groups is 1. The number of nitrogens with two attached hydrogens (primary N) is 1. The molecule has 0 spiro atoms. The number of halogens is 2. The van der Waals surface area contributed by atoms with Gasteiger partial charge in [0.05, 0.1) is 17.8 Å². The van der Waals surface area contributed by atoms with Crippen LogP contribution in [0, 0.1) is 0 Å². The monoisotopic (exact) mass is 568 g/mol. The van der Waals surface area contributed by atoms with Crippen molar-refractivity contribution in [3.05, 3.63) is 92.2 Å². The van der Waals surface area contributed by atoms with Crippen LogP contribution < -0.4 is 5.73 Å². The van der Waals surface area contributed by atoms with Crippen molar-refractivity contribution in [1.82, 2.24) is 14.8 Å². The zero-order valence-electron chi connectivity index (χ0n) is 21.2. The summed E-state index contributed by atoms with van der Waals surface area (Å²) in [6.07, 6.45) is 5.24. The molecule has 0 aliphatic heterocycles. The van der Waals surface area contributed by atoms with Crippen molar-refractivity contribution in [2.75, 3.05) is 19.3 Å². The number of pyridine rings is 1. The first-order chi connectivity index (χ1) is 17.3. The Morgan fingerprint density at radius 1 is 1.17 bits per heavy atom. The number of para-hydroxylation sites is 1. The molecule has 0 radical (unpaired) electrons. The number of hydrogen-bond donors (Lipinski definition) is 1. The van der Waals surface area contributed by atoms with Crippen LogP contribution in [0.3, 0.4) is 0 Å². The van der Waals surface area contributed by atoms with E-state index in [1.165, 1.54) is 16.7 Å². The minimum Gasteiger partial charge on any atom is -0.398 e. The minimum absolute atomic E-state index is 0.0904. The lowest BCUT2D eigenvalue weighted by molar-refractivity contribution is -0.137. The predicted molar refractivity (Wildman–Crippen MR) is 151 cm³/mol. The molecule has 2 N–H and O–H groups in total. The highest BCUT2D eigenvalue weighted by molar-refractivity contribution is 9.10. The summed E-state index contributed by atoms with van der Waals surface area (Å²) in [5.41, 5.74) is 12.5. The molecule has 1 aliphatic rings. The molecule has 3 aromatic rings. The second-order valence-corrected chi connectivity index (χ2v) is 10.9. The van der Waals surface area contributed by atoms with E-state index in [9.17, 15) is 4.79 Å². The van der Waals surface area contributed by atoms with Crippen molar-refractivity contribution < 1.29 is 4.79 Å². The molecular formula is C29H34BrClN4O. The van der Waals surface area contributed by atoms with Crippen LogP contribution in [0.5, 0.6) is 0 Å². The van der Waals surface area contributed by atoms with Crippen molar-refractivity contribution in [3.8, 4) is 0 Å². The van der Waals surface area contributed by atoms with Gasteiger partial charge in [-0.25, -0.2) is 0 Å². The number of likely N-dealkylation sites (N-methyl/N-ethyl adjacent to an activating group) is 1. The summed E-state index contributed by atoms with van der Waals surface area (Å²) < 4.78 is 0.967. The van der Waals surface area contributed by atoms with E-state index in [-0.39, 0.29) is 18.0 Å². The zero-order valence-corrected chi connectivity index (χ0v) is 23.5. The van der Waals surface area contributed by atoms with Crippen LogP contribution in [0.2, 0.25) is 5.02 Å². The Morgan fingerprint density at radius 3 is 2.64 bits per heavy atom. The van der Waals surface area contributed by atoms with Gasteiger partial charge in [-0.1, -0.05) is 49.7 Å². The van der Waals surface area contributed by atoms with E-state index < -0.39 is 0 Å². The van der Waals surface area contributed by atoms with Crippen molar-refractivity contribution in [2.45, 2.75) is 58.2 Å². The van der Waals surface area contributed by atoms with E-state index >= 15 is 0 Å². The van der Waals surface area contributed by atoms with Crippen molar-refractivity contribution >= 4 is 39.1 Å². The Balaban J connectivity index is 1.77. The van der Waals surface area contributed by atoms with E-state index in [1.54, 1.807) is 4.90 Å². The second-order valence-electron chi connectivity index (χ2n) is 9.50. The summed E-state index contributed by atoms with van der Waals surface area (Å²) in [7, 11) is 1.87. The highest BCUT2D eigenvalue weighted by atomic mass is 79.9. The third-order valence-corrected chi connectivity index (χ3v) is 7.68. The standard InChI is InChI=1S/C29H34BrClN4O/c1-4-14-35(26(5-2)29(36)34(3)18-21-8-6-7-9-25(21)32)28-24-13-12-23(31)16-19(24)10-11-20-15-22(30)17-33-27(20)28/h6-9,12-13,15-17,26,28H,4-5,10-11,14,18,32H2,1-3H3. The van der Waals surface area contributed by atoms with E-state index in [0.29, 0.717) is 18.7 Å². The molecule has 5 nitrogen and oxygen atoms in total. The second kappa shape index (κ2) is 11.8. The molecule has 7 heteroatoms. The summed E-state index contributed by atoms with van der Waals surface area (Å²) in [6, 6.07) is 15.6. The van der Waals surface area contributed by atoms with Gasteiger partial charge in [-0.15, -0.1) is 0 Å². The van der Waals surface area contributed by atoms with Crippen molar-refractivity contribution in [2.24, 2.45) is 0 Å². The zero-order chi connectivity index (χ0) is 25.8. The molecule has 2 atom stereocenters. The first-order valence-corrected chi connectivity index (χ1v) is 13.8. The molecule has 190 valence electrons. The van der Waals surface area contributed by atoms with Crippen molar-refractivity contribution in [1.29, 1.82) is 0 Å². The Bertz CT molecular complexity index is 1180. The van der Waals surface area contributed by atoms with E-state index in [0.717, 1.165) is 46.6 Å². The molecule has 1 heterocycles. The molecule has 2 aromatic carbocycles. The maximum atomic E-state index is 14.0. The van der Waals surface area contributed by atoms with Crippen LogP contribution in [0.1, 0.15) is 60.7 Å². The summed E-state index contributed by atoms with van der Waals surface area (Å²) in [4.78, 5) is 23.0. The van der Waals surface area contributed by atoms with Gasteiger partial charge in [0.25, 0.3) is 0 Å². The molecule has 2 unspecified atom stereocenters. The first-order valence-electron chi connectivity index (χ1n) is 12.6. The van der Waals surface area contributed by atoms with Crippen LogP contribution >= 0.6 is 27.5 Å². The maximum absolute atomic E-state index is 14.0. The van der Waals surface area contributed by atoms with Gasteiger partial charge in [0.15, 0.2) is 0 Å². The molecule has 0 bridgehead atoms. The normalized spacial score (nSPS) is 15.7. The number of aryl methyl sites for hydroxylation is 2. The number of amides is 1. The van der Waals surface area contributed by atoms with Gasteiger partial charge < -0.3 is 10.6 Å². The van der Waals surface area contributed by atoms with Crippen LogP contribution in [0.15, 0.2) is 59.2 Å². The van der Waals surface area contributed by atoms with Gasteiger partial charge in [0.2, 0.25) is 5.91 Å². The van der Waals surface area contributed by atoms with E-state index in [4.69, 9.17) is 22.3 Å². The van der Waals surface area contributed by atoms with Crippen LogP contribution in [-0.4, -0.2) is 40.3 Å². The van der Waals surface area contributed by atoms with Crippen molar-refractivity contribution in [3.63, 3.8) is 0 Å². The molecular weight excluding hydrogens is 536 g/mol. The molecule has 1 aliphatic carbocycles. The maximum Gasteiger partial charge on any atom is 0.239 e. The molecule has 36 heavy (non-hydrogen) atoms. The lowest BCUT2D eigenvalue weighted by Crippen LogP contribution is -2.49. The van der Waals surface area contributed by atoms with Crippen LogP contribution in [0.25, 0.3) is 0 Å². The third-order valence-electron chi connectivity index (χ3n) is 7.01. The van der Waals surface area contributed by atoms with Gasteiger partial charge in [-0.2, -0.15) is 0 Å². The SMILES string of the molecule is CCCN(C(CC)C(=O)N(C)Cc1ccccc1N)C1c2ccc(Cl)cc2CCc2cc(Br)cnc21. The number of anilines is 1. The fraction of sp³-hybridized carbons (Fsp3) is 0.379. The number of benzene rings is 2. The number of nitrogen functional groups attached to an aromatic ring is 1. The predicted octanol–water partition coefficient (Wildman–Crippen LogP) is 6.42. The smallest absolute Gasteiger partial charge is 0.239 e. The Labute approximate surface area is 227 Å². The van der Waals surface area contributed by atoms with E-state index in [2.05, 4.69) is 52.9 Å². The highest BCUT2D eigenvalue weighted by Crippen LogP contribution is 2.39. The quantitative estimate of drug-likeness (QED) is 0.318. The molecule has 4 rings (SSSR count). The number of fused-ring (bicyclic) bond motifs is 2. The Hall–Kier alpha value is -2.41. The molecule has 0 saturated carbocycles. The van der Waals surface area contributed by atoms with Gasteiger partial charge in [-0.3, -0.25) is 14.7 Å². The van der Waals surface area contributed by atoms with Crippen LogP contribution in [-0.2, 0) is 24.2 Å². The number of carbonyl (C=O) groups excluding carboxylic acids is 1. The summed E-state index contributed by atoms with van der Waals surface area (Å²) >= 11 is 10.0. The number of nitrogens with zero attached hydrogens (tertiary/aromatic N) is 3. The van der Waals surface area contributed by atoms with E-state index in [1.807, 2.05) is 43.6 Å². The van der Waals surface area contributed by atoms with Gasteiger partial charge >= 0.3 is 0 Å². The fourth-order valence-electron chi connectivity index (χ4n) is 5.29. The summed E-state index contributed by atoms with van der Waals surface area (Å²) in [5, 5.41) is 0.734. The van der Waals surface area contributed by atoms with Gasteiger partial charge in [0, 0.05) is 35.0 Å². The third kappa shape index (κ3) is 5.61. The lowest BCUT2D eigenvalue weighted by Gasteiger charge is -2.39. The highest BCUT2D eigenvalue weighted by Gasteiger charge is 2.37. The minimum atomic E-state index is -0.301. The first kappa shape index (κ1) is 26.6. The average molecular weight is 570 g/mol. The number of aromatic nitrogens is 1.